The number of fused-ring (bicyclic) bond motifs is 3. The smallest absolute Gasteiger partial charge is 0.164 e. The van der Waals surface area contributed by atoms with Crippen molar-refractivity contribution in [3.63, 3.8) is 0 Å². The van der Waals surface area contributed by atoms with Crippen LogP contribution in [-0.4, -0.2) is 26.0 Å². The number of aromatic nitrogens is 4. The Morgan fingerprint density at radius 1 is 0.727 bits per heavy atom. The zero-order chi connectivity index (χ0) is 29.5. The van der Waals surface area contributed by atoms with Gasteiger partial charge >= 0.3 is 0 Å². The molecule has 44 heavy (non-hydrogen) atoms. The van der Waals surface area contributed by atoms with Crippen LogP contribution in [0, 0.1) is 0 Å². The highest BCUT2D eigenvalue weighted by Gasteiger charge is 2.35. The number of benzene rings is 3. The first-order valence-electron chi connectivity index (χ1n) is 14.9. The van der Waals surface area contributed by atoms with Crippen LogP contribution in [0.1, 0.15) is 36.0 Å². The predicted molar refractivity (Wildman–Crippen MR) is 174 cm³/mol. The third-order valence-electron chi connectivity index (χ3n) is 8.32. The van der Waals surface area contributed by atoms with E-state index in [0.717, 1.165) is 68.3 Å². The Balaban J connectivity index is 1.21. The maximum Gasteiger partial charge on any atom is 0.164 e. The van der Waals surface area contributed by atoms with Crippen LogP contribution in [0.5, 0.6) is 5.75 Å². The first-order valence-corrected chi connectivity index (χ1v) is 14.9. The van der Waals surface area contributed by atoms with E-state index in [4.69, 9.17) is 25.4 Å². The lowest BCUT2D eigenvalue weighted by atomic mass is 9.88. The zero-order valence-electron chi connectivity index (χ0n) is 24.0. The van der Waals surface area contributed by atoms with Gasteiger partial charge in [0.1, 0.15) is 17.7 Å². The standard InChI is InChI=1S/C38H29N5O/c39-29-22-31(38-42-36(26-9-3-1-4-10-26)41-37(43-38)27-11-5-2-6-12-27)35-30-19-18-28(21-33(30)44-34(35)23-29)24-14-16-25(17-15-24)32-13-7-8-20-40-32/h1-11,13-22,27,34H,12,23,39H2. The Kier molecular flexibility index (Phi) is 6.45. The monoisotopic (exact) mass is 571 g/mol. The van der Waals surface area contributed by atoms with Gasteiger partial charge in [-0.2, -0.15) is 0 Å². The fraction of sp³-hybridized carbons (Fsp3) is 0.105. The number of ether oxygens (including phenoxy) is 1. The lowest BCUT2D eigenvalue weighted by Crippen LogP contribution is -2.21. The van der Waals surface area contributed by atoms with Crippen LogP contribution in [0.4, 0.5) is 0 Å². The summed E-state index contributed by atoms with van der Waals surface area (Å²) in [6, 6.07) is 30.9. The Hall–Kier alpha value is -5.62. The second kappa shape index (κ2) is 10.9. The fourth-order valence-corrected chi connectivity index (χ4v) is 6.12. The number of nitrogens with two attached hydrogens (primary N) is 1. The number of hydrogen-bond acceptors (Lipinski definition) is 6. The molecule has 2 atom stereocenters. The molecule has 3 aromatic carbocycles. The first kappa shape index (κ1) is 26.0. The lowest BCUT2D eigenvalue weighted by molar-refractivity contribution is 0.275. The largest absolute Gasteiger partial charge is 0.485 e. The van der Waals surface area contributed by atoms with Crippen LogP contribution in [0.2, 0.25) is 0 Å². The summed E-state index contributed by atoms with van der Waals surface area (Å²) in [5.41, 5.74) is 15.5. The summed E-state index contributed by atoms with van der Waals surface area (Å²) in [6.07, 6.45) is 13.5. The molecular formula is C38H29N5O. The number of hydrogen-bond donors (Lipinski definition) is 1. The van der Waals surface area contributed by atoms with Gasteiger partial charge in [-0.3, -0.25) is 4.98 Å². The molecule has 0 amide bonds. The van der Waals surface area contributed by atoms with Crippen molar-refractivity contribution in [1.29, 1.82) is 0 Å². The van der Waals surface area contributed by atoms with Crippen LogP contribution in [0.3, 0.4) is 0 Å². The van der Waals surface area contributed by atoms with E-state index in [-0.39, 0.29) is 12.0 Å². The molecule has 0 radical (unpaired) electrons. The van der Waals surface area contributed by atoms with Gasteiger partial charge < -0.3 is 10.5 Å². The summed E-state index contributed by atoms with van der Waals surface area (Å²) in [5, 5.41) is 0. The third-order valence-corrected chi connectivity index (χ3v) is 8.32. The van der Waals surface area contributed by atoms with Gasteiger partial charge in [-0.15, -0.1) is 0 Å². The van der Waals surface area contributed by atoms with Crippen molar-refractivity contribution in [2.45, 2.75) is 24.9 Å². The van der Waals surface area contributed by atoms with Crippen LogP contribution in [0.25, 0.3) is 44.9 Å². The molecule has 0 spiro atoms. The molecule has 2 aliphatic carbocycles. The predicted octanol–water partition coefficient (Wildman–Crippen LogP) is 7.79. The molecule has 2 aromatic heterocycles. The van der Waals surface area contributed by atoms with Crippen molar-refractivity contribution in [2.75, 3.05) is 0 Å². The summed E-state index contributed by atoms with van der Waals surface area (Å²) < 4.78 is 6.57. The van der Waals surface area contributed by atoms with Crippen LogP contribution in [-0.2, 0) is 0 Å². The molecule has 6 nitrogen and oxygen atoms in total. The van der Waals surface area contributed by atoms with Crippen LogP contribution in [0.15, 0.2) is 133 Å². The summed E-state index contributed by atoms with van der Waals surface area (Å²) in [6.45, 7) is 0. The minimum atomic E-state index is -0.204. The Morgan fingerprint density at radius 3 is 2.32 bits per heavy atom. The van der Waals surface area contributed by atoms with E-state index in [1.165, 1.54) is 0 Å². The van der Waals surface area contributed by atoms with Crippen molar-refractivity contribution < 1.29 is 4.74 Å². The molecule has 0 saturated carbocycles. The number of allylic oxidation sites excluding steroid dienone is 6. The molecule has 3 aliphatic rings. The van der Waals surface area contributed by atoms with Crippen molar-refractivity contribution in [1.82, 2.24) is 19.9 Å². The molecular weight excluding hydrogens is 542 g/mol. The second-order valence-corrected chi connectivity index (χ2v) is 11.2. The normalized spacial score (nSPS) is 18.4. The second-order valence-electron chi connectivity index (χ2n) is 11.2. The highest BCUT2D eigenvalue weighted by Crippen LogP contribution is 2.47. The average molecular weight is 572 g/mol. The Labute approximate surface area is 256 Å². The van der Waals surface area contributed by atoms with E-state index in [1.807, 2.05) is 60.8 Å². The SMILES string of the molecule is NC1=CC(c2nc(-c3ccccc3)nc(C3C=CC=CC3)n2)=C2c3ccc(-c4ccc(-c5ccccn5)cc4)cc3OC2C1. The fourth-order valence-electron chi connectivity index (χ4n) is 6.12. The average Bonchev–Trinajstić information content (AvgIpc) is 3.46. The van der Waals surface area contributed by atoms with Gasteiger partial charge in [-0.1, -0.05) is 97.1 Å². The van der Waals surface area contributed by atoms with Gasteiger partial charge in [0.25, 0.3) is 0 Å². The van der Waals surface area contributed by atoms with E-state index in [0.29, 0.717) is 18.1 Å². The van der Waals surface area contributed by atoms with E-state index < -0.39 is 0 Å². The van der Waals surface area contributed by atoms with Gasteiger partial charge in [0, 0.05) is 52.1 Å². The minimum absolute atomic E-state index is 0.0780. The van der Waals surface area contributed by atoms with Gasteiger partial charge in [-0.05, 0) is 41.8 Å². The number of rotatable bonds is 5. The molecule has 2 N–H and O–H groups in total. The highest BCUT2D eigenvalue weighted by molar-refractivity contribution is 6.00. The maximum absolute atomic E-state index is 6.57. The van der Waals surface area contributed by atoms with Gasteiger partial charge in [0.2, 0.25) is 0 Å². The molecule has 8 rings (SSSR count). The van der Waals surface area contributed by atoms with E-state index in [1.54, 1.807) is 0 Å². The zero-order valence-corrected chi connectivity index (χ0v) is 24.0. The number of nitrogens with zero attached hydrogens (tertiary/aromatic N) is 4. The molecule has 0 saturated heterocycles. The van der Waals surface area contributed by atoms with E-state index in [9.17, 15) is 0 Å². The third kappa shape index (κ3) is 4.80. The molecule has 212 valence electrons. The van der Waals surface area contributed by atoms with E-state index in [2.05, 4.69) is 71.8 Å². The van der Waals surface area contributed by atoms with Crippen LogP contribution >= 0.6 is 0 Å². The maximum atomic E-state index is 6.57. The number of pyridine rings is 1. The summed E-state index contributed by atoms with van der Waals surface area (Å²) >= 11 is 0. The molecule has 5 aromatic rings. The summed E-state index contributed by atoms with van der Waals surface area (Å²) in [4.78, 5) is 19.4. The van der Waals surface area contributed by atoms with Crippen molar-refractivity contribution in [2.24, 2.45) is 5.73 Å². The van der Waals surface area contributed by atoms with Gasteiger partial charge in [0.15, 0.2) is 11.6 Å². The topological polar surface area (TPSA) is 86.8 Å². The summed E-state index contributed by atoms with van der Waals surface area (Å²) in [7, 11) is 0. The molecule has 6 heteroatoms. The van der Waals surface area contributed by atoms with Gasteiger partial charge in [-0.25, -0.2) is 15.0 Å². The molecule has 3 heterocycles. The molecule has 0 bridgehead atoms. The Morgan fingerprint density at radius 2 is 1.52 bits per heavy atom. The minimum Gasteiger partial charge on any atom is -0.485 e. The van der Waals surface area contributed by atoms with E-state index >= 15 is 0 Å². The lowest BCUT2D eigenvalue weighted by Gasteiger charge is -2.21. The van der Waals surface area contributed by atoms with Crippen molar-refractivity contribution in [3.05, 3.63) is 150 Å². The molecule has 2 unspecified atom stereocenters. The highest BCUT2D eigenvalue weighted by atomic mass is 16.5. The van der Waals surface area contributed by atoms with Gasteiger partial charge in [0.05, 0.1) is 5.69 Å². The molecule has 1 aliphatic heterocycles. The Bertz CT molecular complexity index is 1990. The quantitative estimate of drug-likeness (QED) is 0.232. The van der Waals surface area contributed by atoms with Crippen molar-refractivity contribution in [3.8, 4) is 39.5 Å². The summed E-state index contributed by atoms with van der Waals surface area (Å²) in [5.74, 6) is 2.94. The molecule has 0 fully saturated rings. The van der Waals surface area contributed by atoms with Crippen molar-refractivity contribution >= 4 is 11.1 Å². The van der Waals surface area contributed by atoms with Crippen LogP contribution < -0.4 is 10.5 Å². The first-order chi connectivity index (χ1) is 21.7.